The van der Waals surface area contributed by atoms with E-state index in [-0.39, 0.29) is 23.7 Å². The van der Waals surface area contributed by atoms with Crippen molar-refractivity contribution in [3.8, 4) is 5.75 Å². The van der Waals surface area contributed by atoms with Crippen LogP contribution in [0.1, 0.15) is 16.8 Å². The molecule has 0 aliphatic carbocycles. The quantitative estimate of drug-likeness (QED) is 0.519. The third-order valence-electron chi connectivity index (χ3n) is 3.56. The molecule has 6 nitrogen and oxygen atoms in total. The number of halogens is 1. The highest BCUT2D eigenvalue weighted by Crippen LogP contribution is 2.22. The van der Waals surface area contributed by atoms with Crippen molar-refractivity contribution in [2.45, 2.75) is 6.42 Å². The van der Waals surface area contributed by atoms with Crippen LogP contribution in [-0.2, 0) is 14.8 Å². The van der Waals surface area contributed by atoms with Crippen molar-refractivity contribution in [2.75, 3.05) is 30.8 Å². The number of carbonyl (C=O) groups excluding carboxylic acids is 1. The number of rotatable bonds is 8. The summed E-state index contributed by atoms with van der Waals surface area (Å²) in [5, 5.41) is 0. The Bertz CT molecular complexity index is 852. The molecule has 0 saturated carbocycles. The second-order valence-electron chi connectivity index (χ2n) is 5.54. The van der Waals surface area contributed by atoms with E-state index in [0.29, 0.717) is 18.8 Å². The van der Waals surface area contributed by atoms with Crippen LogP contribution in [0.25, 0.3) is 0 Å². The van der Waals surface area contributed by atoms with E-state index in [4.69, 9.17) is 9.47 Å². The molecule has 0 amide bonds. The molecule has 0 atom stereocenters. The molecule has 0 N–H and O–H groups in total. The Balaban J connectivity index is 1.87. The molecule has 8 heteroatoms. The lowest BCUT2D eigenvalue weighted by atomic mass is 10.2. The highest BCUT2D eigenvalue weighted by molar-refractivity contribution is 7.92. The molecule has 26 heavy (non-hydrogen) atoms. The Morgan fingerprint density at radius 3 is 2.38 bits per heavy atom. The van der Waals surface area contributed by atoms with Gasteiger partial charge in [-0.25, -0.2) is 17.6 Å². The van der Waals surface area contributed by atoms with Gasteiger partial charge in [-0.2, -0.15) is 0 Å². The van der Waals surface area contributed by atoms with Gasteiger partial charge in [0, 0.05) is 13.5 Å². The van der Waals surface area contributed by atoms with Crippen LogP contribution in [-0.4, -0.2) is 40.9 Å². The second kappa shape index (κ2) is 8.66. The molecule has 0 aliphatic heterocycles. The first-order valence-electron chi connectivity index (χ1n) is 7.87. The summed E-state index contributed by atoms with van der Waals surface area (Å²) in [6.45, 7) is 0.404. The van der Waals surface area contributed by atoms with E-state index in [2.05, 4.69) is 0 Å². The van der Waals surface area contributed by atoms with Crippen molar-refractivity contribution in [1.82, 2.24) is 0 Å². The lowest BCUT2D eigenvalue weighted by Crippen LogP contribution is -2.27. The van der Waals surface area contributed by atoms with Crippen molar-refractivity contribution >= 4 is 21.7 Å². The van der Waals surface area contributed by atoms with Crippen LogP contribution >= 0.6 is 0 Å². The fourth-order valence-corrected chi connectivity index (χ4v) is 2.64. The Hall–Kier alpha value is -2.61. The minimum atomic E-state index is -3.50. The van der Waals surface area contributed by atoms with Gasteiger partial charge >= 0.3 is 5.97 Å². The van der Waals surface area contributed by atoms with E-state index >= 15 is 0 Å². The number of para-hydroxylation sites is 1. The minimum absolute atomic E-state index is 0.108. The van der Waals surface area contributed by atoms with Crippen LogP contribution in [0.4, 0.5) is 10.1 Å². The highest BCUT2D eigenvalue weighted by Gasteiger charge is 2.20. The molecule has 2 aromatic rings. The molecule has 0 bridgehead atoms. The summed E-state index contributed by atoms with van der Waals surface area (Å²) in [6, 6.07) is 11.9. The Morgan fingerprint density at radius 2 is 1.73 bits per heavy atom. The predicted molar refractivity (Wildman–Crippen MR) is 96.5 cm³/mol. The van der Waals surface area contributed by atoms with Crippen molar-refractivity contribution in [3.05, 3.63) is 59.9 Å². The SMILES string of the molecule is CN(c1ccccc1C(=O)OCCCOc1ccc(F)cc1)S(C)(=O)=O. The number of benzene rings is 2. The standard InChI is InChI=1S/C18H20FNO5S/c1-20(26(2,22)23)17-7-4-3-6-16(17)18(21)25-13-5-12-24-15-10-8-14(19)9-11-15/h3-4,6-11H,5,12-13H2,1-2H3. The molecule has 0 fully saturated rings. The Kier molecular flexibility index (Phi) is 6.57. The molecule has 0 aromatic heterocycles. The molecule has 2 aromatic carbocycles. The van der Waals surface area contributed by atoms with Gasteiger partial charge in [0.25, 0.3) is 0 Å². The number of sulfonamides is 1. The normalized spacial score (nSPS) is 11.0. The molecular weight excluding hydrogens is 361 g/mol. The van der Waals surface area contributed by atoms with E-state index in [1.807, 2.05) is 0 Å². The lowest BCUT2D eigenvalue weighted by Gasteiger charge is -2.19. The van der Waals surface area contributed by atoms with Gasteiger partial charge in [-0.05, 0) is 36.4 Å². The van der Waals surface area contributed by atoms with Gasteiger partial charge in [-0.3, -0.25) is 4.31 Å². The molecule has 2 rings (SSSR count). The van der Waals surface area contributed by atoms with Crippen LogP contribution in [0.5, 0.6) is 5.75 Å². The first-order valence-corrected chi connectivity index (χ1v) is 9.72. The smallest absolute Gasteiger partial charge is 0.340 e. The third-order valence-corrected chi connectivity index (χ3v) is 4.76. The van der Waals surface area contributed by atoms with Crippen LogP contribution in [0.2, 0.25) is 0 Å². The Morgan fingerprint density at radius 1 is 1.08 bits per heavy atom. The number of nitrogens with zero attached hydrogens (tertiary/aromatic N) is 1. The first kappa shape index (κ1) is 19.7. The van der Waals surface area contributed by atoms with Gasteiger partial charge < -0.3 is 9.47 Å². The molecule has 0 saturated heterocycles. The summed E-state index contributed by atoms with van der Waals surface area (Å²) in [7, 11) is -2.12. The van der Waals surface area contributed by atoms with Crippen molar-refractivity contribution < 1.29 is 27.1 Å². The van der Waals surface area contributed by atoms with Crippen molar-refractivity contribution in [2.24, 2.45) is 0 Å². The van der Waals surface area contributed by atoms with Gasteiger partial charge in [-0.15, -0.1) is 0 Å². The summed E-state index contributed by atoms with van der Waals surface area (Å²) >= 11 is 0. The average molecular weight is 381 g/mol. The van der Waals surface area contributed by atoms with Gasteiger partial charge in [0.15, 0.2) is 0 Å². The number of anilines is 1. The van der Waals surface area contributed by atoms with Crippen LogP contribution in [0, 0.1) is 5.82 Å². The van der Waals surface area contributed by atoms with Crippen molar-refractivity contribution in [3.63, 3.8) is 0 Å². The van der Waals surface area contributed by atoms with Crippen LogP contribution < -0.4 is 9.04 Å². The summed E-state index contributed by atoms with van der Waals surface area (Å²) in [5.74, 6) is -0.431. The number of esters is 1. The average Bonchev–Trinajstić information content (AvgIpc) is 2.61. The number of hydrogen-bond acceptors (Lipinski definition) is 5. The maximum absolute atomic E-state index is 12.8. The van der Waals surface area contributed by atoms with E-state index in [1.54, 1.807) is 12.1 Å². The first-order chi connectivity index (χ1) is 12.3. The van der Waals surface area contributed by atoms with E-state index < -0.39 is 16.0 Å². The monoisotopic (exact) mass is 381 g/mol. The van der Waals surface area contributed by atoms with Gasteiger partial charge in [0.2, 0.25) is 10.0 Å². The molecule has 0 radical (unpaired) electrons. The third kappa shape index (κ3) is 5.45. The predicted octanol–water partition coefficient (Wildman–Crippen LogP) is 2.85. The number of ether oxygens (including phenoxy) is 2. The van der Waals surface area contributed by atoms with E-state index in [9.17, 15) is 17.6 Å². The molecule has 0 spiro atoms. The number of hydrogen-bond donors (Lipinski definition) is 0. The summed E-state index contributed by atoms with van der Waals surface area (Å²) < 4.78 is 47.8. The van der Waals surface area contributed by atoms with E-state index in [0.717, 1.165) is 10.6 Å². The topological polar surface area (TPSA) is 72.9 Å². The summed E-state index contributed by atoms with van der Waals surface area (Å²) in [6.07, 6.45) is 1.50. The van der Waals surface area contributed by atoms with Crippen molar-refractivity contribution in [1.29, 1.82) is 0 Å². The van der Waals surface area contributed by atoms with Gasteiger partial charge in [0.05, 0.1) is 30.7 Å². The maximum atomic E-state index is 12.8. The molecule has 0 heterocycles. The van der Waals surface area contributed by atoms with Crippen LogP contribution in [0.15, 0.2) is 48.5 Å². The number of carbonyl (C=O) groups is 1. The molecule has 0 unspecified atom stereocenters. The largest absolute Gasteiger partial charge is 0.493 e. The van der Waals surface area contributed by atoms with E-state index in [1.165, 1.54) is 43.4 Å². The second-order valence-corrected chi connectivity index (χ2v) is 7.55. The Labute approximate surface area is 152 Å². The van der Waals surface area contributed by atoms with Crippen LogP contribution in [0.3, 0.4) is 0 Å². The molecular formula is C18H20FNO5S. The zero-order chi connectivity index (χ0) is 19.2. The molecule has 140 valence electrons. The summed E-state index contributed by atoms with van der Waals surface area (Å²) in [5.41, 5.74) is 0.419. The zero-order valence-corrected chi connectivity index (χ0v) is 15.3. The highest BCUT2D eigenvalue weighted by atomic mass is 32.2. The summed E-state index contributed by atoms with van der Waals surface area (Å²) in [4.78, 5) is 12.2. The zero-order valence-electron chi connectivity index (χ0n) is 14.5. The molecule has 0 aliphatic rings. The fourth-order valence-electron chi connectivity index (χ4n) is 2.12. The van der Waals surface area contributed by atoms with Gasteiger partial charge in [-0.1, -0.05) is 12.1 Å². The van der Waals surface area contributed by atoms with Gasteiger partial charge in [0.1, 0.15) is 11.6 Å². The maximum Gasteiger partial charge on any atom is 0.340 e. The minimum Gasteiger partial charge on any atom is -0.493 e. The lowest BCUT2D eigenvalue weighted by molar-refractivity contribution is 0.0487. The fraction of sp³-hybridized carbons (Fsp3) is 0.278.